The van der Waals surface area contributed by atoms with Crippen molar-refractivity contribution in [2.75, 3.05) is 13.1 Å². The average molecular weight is 552 g/mol. The largest absolute Gasteiger partial charge is 0.444 e. The predicted octanol–water partition coefficient (Wildman–Crippen LogP) is 4.72. The molecule has 4 atom stereocenters. The lowest BCUT2D eigenvalue weighted by molar-refractivity contribution is -0.140. The zero-order chi connectivity index (χ0) is 28.8. The standard InChI is InChI=1S/C32H45N3O5/c1-31(2,3)40-30(39)34-25-16-11-6-4-5-10-15-24-21-32(24,22-27(36)26-17-12-20-35(26)28(25)37)29(38)33-19-18-23-13-8-7-9-14-23/h7-10,13-15,24-26H,4-6,11-12,16-22H2,1-3H3,(H,33,38)(H,34,39)/b15-10-/t24-,25+,26+,32-/m1/s1. The van der Waals surface area contributed by atoms with Crippen LogP contribution < -0.4 is 10.6 Å². The Hall–Kier alpha value is -3.16. The second-order valence-corrected chi connectivity index (χ2v) is 12.6. The summed E-state index contributed by atoms with van der Waals surface area (Å²) in [5, 5.41) is 5.88. The quantitative estimate of drug-likeness (QED) is 0.516. The molecule has 2 fully saturated rings. The Labute approximate surface area is 238 Å². The van der Waals surface area contributed by atoms with Crippen molar-refractivity contribution < 1.29 is 23.9 Å². The molecular weight excluding hydrogens is 506 g/mol. The number of nitrogens with one attached hydrogen (secondary N) is 2. The Morgan fingerprint density at radius 1 is 1.05 bits per heavy atom. The van der Waals surface area contributed by atoms with Crippen LogP contribution in [0.1, 0.15) is 84.1 Å². The lowest BCUT2D eigenvalue weighted by Gasteiger charge is -2.30. The summed E-state index contributed by atoms with van der Waals surface area (Å²) in [5.41, 5.74) is -0.279. The molecule has 2 aliphatic heterocycles. The zero-order valence-electron chi connectivity index (χ0n) is 24.2. The summed E-state index contributed by atoms with van der Waals surface area (Å²) in [7, 11) is 0. The van der Waals surface area contributed by atoms with Crippen LogP contribution >= 0.6 is 0 Å². The van der Waals surface area contributed by atoms with Crippen molar-refractivity contribution in [1.29, 1.82) is 0 Å². The molecule has 0 bridgehead atoms. The molecule has 2 heterocycles. The first kappa shape index (κ1) is 29.8. The van der Waals surface area contributed by atoms with Crippen LogP contribution in [0.2, 0.25) is 0 Å². The van der Waals surface area contributed by atoms with Gasteiger partial charge in [0.1, 0.15) is 11.6 Å². The number of nitrogens with zero attached hydrogens (tertiary/aromatic N) is 1. The van der Waals surface area contributed by atoms with Gasteiger partial charge in [-0.1, -0.05) is 55.3 Å². The highest BCUT2D eigenvalue weighted by Crippen LogP contribution is 2.57. The highest BCUT2D eigenvalue weighted by molar-refractivity contribution is 5.97. The first-order chi connectivity index (χ1) is 19.1. The maximum Gasteiger partial charge on any atom is 0.408 e. The normalized spacial score (nSPS) is 28.4. The summed E-state index contributed by atoms with van der Waals surface area (Å²) in [4.78, 5) is 55.1. The average Bonchev–Trinajstić information content (AvgIpc) is 3.36. The lowest BCUT2D eigenvalue weighted by atomic mass is 9.91. The second kappa shape index (κ2) is 13.0. The minimum Gasteiger partial charge on any atom is -0.444 e. The number of amides is 3. The van der Waals surface area contributed by atoms with Gasteiger partial charge in [0.25, 0.3) is 0 Å². The number of benzene rings is 1. The molecule has 218 valence electrons. The fourth-order valence-corrected chi connectivity index (χ4v) is 6.02. The molecule has 3 aliphatic rings. The molecule has 0 spiro atoms. The van der Waals surface area contributed by atoms with Gasteiger partial charge >= 0.3 is 6.09 Å². The van der Waals surface area contributed by atoms with Gasteiger partial charge in [-0.2, -0.15) is 0 Å². The molecule has 1 saturated heterocycles. The predicted molar refractivity (Wildman–Crippen MR) is 153 cm³/mol. The third-order valence-electron chi connectivity index (χ3n) is 8.25. The van der Waals surface area contributed by atoms with Crippen molar-refractivity contribution >= 4 is 23.7 Å². The summed E-state index contributed by atoms with van der Waals surface area (Å²) in [5.74, 6) is -0.337. The van der Waals surface area contributed by atoms with Crippen LogP contribution in [-0.4, -0.2) is 59.4 Å². The smallest absolute Gasteiger partial charge is 0.408 e. The van der Waals surface area contributed by atoms with Crippen molar-refractivity contribution in [2.24, 2.45) is 11.3 Å². The first-order valence-corrected chi connectivity index (χ1v) is 14.9. The van der Waals surface area contributed by atoms with E-state index in [2.05, 4.69) is 22.8 Å². The van der Waals surface area contributed by atoms with Gasteiger partial charge in [-0.15, -0.1) is 0 Å². The van der Waals surface area contributed by atoms with Gasteiger partial charge in [-0.3, -0.25) is 14.4 Å². The van der Waals surface area contributed by atoms with E-state index in [1.54, 1.807) is 25.7 Å². The molecule has 8 heteroatoms. The van der Waals surface area contributed by atoms with Crippen molar-refractivity contribution in [1.82, 2.24) is 15.5 Å². The van der Waals surface area contributed by atoms with E-state index in [1.165, 1.54) is 0 Å². The van der Waals surface area contributed by atoms with E-state index in [-0.39, 0.29) is 29.9 Å². The van der Waals surface area contributed by atoms with E-state index in [0.29, 0.717) is 32.4 Å². The number of allylic oxidation sites excluding steroid dienone is 2. The number of rotatable bonds is 5. The summed E-state index contributed by atoms with van der Waals surface area (Å²) < 4.78 is 5.43. The summed E-state index contributed by atoms with van der Waals surface area (Å²) in [6.45, 7) is 6.34. The maximum absolute atomic E-state index is 13.7. The maximum atomic E-state index is 13.7. The zero-order valence-corrected chi connectivity index (χ0v) is 24.2. The topological polar surface area (TPSA) is 105 Å². The van der Waals surface area contributed by atoms with E-state index < -0.39 is 29.2 Å². The molecule has 1 aromatic rings. The SMILES string of the molecule is CC(C)(C)OC(=O)N[C@H]1CCCCC/C=C\[C@@H]2C[C@@]2(C(=O)NCCc2ccccc2)CC(=O)[C@@H]2CCCN2C1=O. The van der Waals surface area contributed by atoms with Crippen molar-refractivity contribution in [3.8, 4) is 0 Å². The summed E-state index contributed by atoms with van der Waals surface area (Å²) >= 11 is 0. The second-order valence-electron chi connectivity index (χ2n) is 12.6. The number of alkyl carbamates (subject to hydrolysis) is 1. The van der Waals surface area contributed by atoms with Crippen LogP contribution in [0.25, 0.3) is 0 Å². The Bertz CT molecular complexity index is 1100. The molecule has 4 rings (SSSR count). The molecule has 1 aromatic carbocycles. The molecule has 1 saturated carbocycles. The van der Waals surface area contributed by atoms with E-state index in [9.17, 15) is 19.2 Å². The van der Waals surface area contributed by atoms with E-state index in [1.807, 2.05) is 30.3 Å². The monoisotopic (exact) mass is 551 g/mol. The van der Waals surface area contributed by atoms with Gasteiger partial charge in [0.15, 0.2) is 5.78 Å². The molecule has 3 amide bonds. The number of hydrogen-bond acceptors (Lipinski definition) is 5. The highest BCUT2D eigenvalue weighted by atomic mass is 16.6. The van der Waals surface area contributed by atoms with Crippen LogP contribution in [0.3, 0.4) is 0 Å². The number of ether oxygens (including phenoxy) is 1. The first-order valence-electron chi connectivity index (χ1n) is 14.9. The molecule has 0 radical (unpaired) electrons. The van der Waals surface area contributed by atoms with Crippen LogP contribution in [0, 0.1) is 11.3 Å². The Kier molecular flexibility index (Phi) is 9.69. The van der Waals surface area contributed by atoms with Gasteiger partial charge in [0.05, 0.1) is 11.5 Å². The minimum absolute atomic E-state index is 0.0328. The number of carbonyl (C=O) groups is 4. The van der Waals surface area contributed by atoms with Gasteiger partial charge in [0.2, 0.25) is 11.8 Å². The summed E-state index contributed by atoms with van der Waals surface area (Å²) in [6.07, 6.45) is 10.5. The third-order valence-corrected chi connectivity index (χ3v) is 8.25. The molecule has 2 N–H and O–H groups in total. The molecular formula is C32H45N3O5. The number of ketones is 1. The lowest BCUT2D eigenvalue weighted by Crippen LogP contribution is -2.52. The van der Waals surface area contributed by atoms with Crippen LogP contribution in [0.4, 0.5) is 4.79 Å². The minimum atomic E-state index is -0.754. The molecule has 1 aliphatic carbocycles. The number of hydrogen-bond donors (Lipinski definition) is 2. The highest BCUT2D eigenvalue weighted by Gasteiger charge is 2.60. The Balaban J connectivity index is 1.47. The van der Waals surface area contributed by atoms with Crippen LogP contribution in [0.15, 0.2) is 42.5 Å². The van der Waals surface area contributed by atoms with E-state index in [0.717, 1.165) is 44.1 Å². The van der Waals surface area contributed by atoms with E-state index in [4.69, 9.17) is 4.74 Å². The fourth-order valence-electron chi connectivity index (χ4n) is 6.02. The van der Waals surface area contributed by atoms with Crippen LogP contribution in [0.5, 0.6) is 0 Å². The van der Waals surface area contributed by atoms with Gasteiger partial charge in [-0.05, 0) is 77.2 Å². The third kappa shape index (κ3) is 7.73. The van der Waals surface area contributed by atoms with E-state index >= 15 is 0 Å². The molecule has 0 unspecified atom stereocenters. The molecule has 8 nitrogen and oxygen atoms in total. The Morgan fingerprint density at radius 3 is 2.58 bits per heavy atom. The van der Waals surface area contributed by atoms with Crippen molar-refractivity contribution in [2.45, 2.75) is 103 Å². The fraction of sp³-hybridized carbons (Fsp3) is 0.625. The van der Waals surface area contributed by atoms with Gasteiger partial charge in [-0.25, -0.2) is 4.79 Å². The number of fused-ring (bicyclic) bond motifs is 2. The van der Waals surface area contributed by atoms with Crippen molar-refractivity contribution in [3.63, 3.8) is 0 Å². The number of Topliss-reactive ketones (excluding diaryl/α,β-unsaturated/α-hetero) is 1. The van der Waals surface area contributed by atoms with Crippen LogP contribution in [-0.2, 0) is 25.5 Å². The molecule has 40 heavy (non-hydrogen) atoms. The summed E-state index contributed by atoms with van der Waals surface area (Å²) in [6, 6.07) is 8.70. The number of carbonyl (C=O) groups excluding carboxylic acids is 4. The van der Waals surface area contributed by atoms with Gasteiger partial charge < -0.3 is 20.3 Å². The van der Waals surface area contributed by atoms with Gasteiger partial charge in [0, 0.05) is 19.5 Å². The Morgan fingerprint density at radius 2 is 1.82 bits per heavy atom. The molecule has 0 aromatic heterocycles. The van der Waals surface area contributed by atoms with Crippen molar-refractivity contribution in [3.05, 3.63) is 48.0 Å².